The zero-order valence-corrected chi connectivity index (χ0v) is 14.2. The largest absolute Gasteiger partial charge is 0.394 e. The number of anilines is 1. The molecule has 134 valence electrons. The zero-order valence-electron chi connectivity index (χ0n) is 14.2. The molecule has 3 atom stereocenters. The third kappa shape index (κ3) is 4.07. The van der Waals surface area contributed by atoms with Crippen LogP contribution in [0.2, 0.25) is 0 Å². The number of nitrogens with zero attached hydrogens (tertiary/aromatic N) is 3. The average molecular weight is 345 g/mol. The Morgan fingerprint density at radius 2 is 2.08 bits per heavy atom. The maximum absolute atomic E-state index is 12.3. The van der Waals surface area contributed by atoms with Crippen molar-refractivity contribution >= 4 is 5.82 Å². The van der Waals surface area contributed by atoms with Gasteiger partial charge in [-0.2, -0.15) is 4.98 Å². The molecular formula is C18H23N3O4. The summed E-state index contributed by atoms with van der Waals surface area (Å²) in [4.78, 5) is 18.4. The fraction of sp³-hybridized carbons (Fsp3) is 0.444. The summed E-state index contributed by atoms with van der Waals surface area (Å²) in [5.41, 5.74) is 0.797. The molecule has 1 aromatic heterocycles. The Labute approximate surface area is 146 Å². The van der Waals surface area contributed by atoms with Crippen LogP contribution in [-0.4, -0.2) is 52.2 Å². The normalized spacial score (nSPS) is 22.9. The first-order valence-corrected chi connectivity index (χ1v) is 8.37. The van der Waals surface area contributed by atoms with Crippen LogP contribution in [0.1, 0.15) is 18.2 Å². The summed E-state index contributed by atoms with van der Waals surface area (Å²) >= 11 is 0. The minimum atomic E-state index is -0.782. The molecule has 1 aromatic carbocycles. The number of aliphatic hydroxyl groups is 2. The van der Waals surface area contributed by atoms with E-state index >= 15 is 0 Å². The van der Waals surface area contributed by atoms with Gasteiger partial charge in [-0.05, 0) is 18.1 Å². The maximum Gasteiger partial charge on any atom is 0.351 e. The Morgan fingerprint density at radius 1 is 1.32 bits per heavy atom. The molecule has 2 aromatic rings. The van der Waals surface area contributed by atoms with Crippen molar-refractivity contribution < 1.29 is 14.9 Å². The lowest BCUT2D eigenvalue weighted by molar-refractivity contribution is -0.0458. The molecule has 0 unspecified atom stereocenters. The summed E-state index contributed by atoms with van der Waals surface area (Å²) in [6, 6.07) is 11.9. The van der Waals surface area contributed by atoms with E-state index in [4.69, 9.17) is 9.84 Å². The second-order valence-corrected chi connectivity index (χ2v) is 6.25. The fourth-order valence-electron chi connectivity index (χ4n) is 2.94. The first kappa shape index (κ1) is 17.6. The van der Waals surface area contributed by atoms with Crippen molar-refractivity contribution in [3.05, 3.63) is 58.6 Å². The van der Waals surface area contributed by atoms with Gasteiger partial charge in [0.15, 0.2) is 0 Å². The predicted octanol–water partition coefficient (Wildman–Crippen LogP) is 0.563. The SMILES string of the molecule is CN(CCc1ccccc1)c1ccn([C@H]2C[C@H](O)[C@@H](CO)O2)c(=O)n1. The molecule has 25 heavy (non-hydrogen) atoms. The van der Waals surface area contributed by atoms with Gasteiger partial charge < -0.3 is 19.8 Å². The molecule has 0 bridgehead atoms. The minimum Gasteiger partial charge on any atom is -0.394 e. The molecule has 0 saturated carbocycles. The van der Waals surface area contributed by atoms with E-state index in [0.717, 1.165) is 13.0 Å². The lowest BCUT2D eigenvalue weighted by Crippen LogP contribution is -2.30. The van der Waals surface area contributed by atoms with Crippen molar-refractivity contribution in [2.45, 2.75) is 31.3 Å². The second kappa shape index (κ2) is 7.77. The molecule has 7 nitrogen and oxygen atoms in total. The van der Waals surface area contributed by atoms with Crippen molar-refractivity contribution in [1.29, 1.82) is 0 Å². The predicted molar refractivity (Wildman–Crippen MR) is 93.5 cm³/mol. The van der Waals surface area contributed by atoms with Gasteiger partial charge in [-0.15, -0.1) is 0 Å². The molecule has 7 heteroatoms. The third-order valence-corrected chi connectivity index (χ3v) is 4.48. The van der Waals surface area contributed by atoms with E-state index in [1.807, 2.05) is 30.1 Å². The van der Waals surface area contributed by atoms with Crippen LogP contribution in [0, 0.1) is 0 Å². The average Bonchev–Trinajstić information content (AvgIpc) is 3.01. The fourth-order valence-corrected chi connectivity index (χ4v) is 2.94. The van der Waals surface area contributed by atoms with Crippen molar-refractivity contribution in [3.8, 4) is 0 Å². The van der Waals surface area contributed by atoms with Gasteiger partial charge in [-0.25, -0.2) is 4.79 Å². The molecule has 3 rings (SSSR count). The Balaban J connectivity index is 1.66. The molecule has 1 aliphatic heterocycles. The van der Waals surface area contributed by atoms with Crippen LogP contribution in [0.25, 0.3) is 0 Å². The summed E-state index contributed by atoms with van der Waals surface area (Å²) in [6.45, 7) is 0.464. The number of likely N-dealkylation sites (N-methyl/N-ethyl adjacent to an activating group) is 1. The first-order chi connectivity index (χ1) is 12.1. The van der Waals surface area contributed by atoms with Crippen LogP contribution in [-0.2, 0) is 11.2 Å². The molecule has 0 amide bonds. The Kier molecular flexibility index (Phi) is 5.47. The Morgan fingerprint density at radius 3 is 2.72 bits per heavy atom. The zero-order chi connectivity index (χ0) is 17.8. The van der Waals surface area contributed by atoms with Gasteiger partial charge in [0.1, 0.15) is 18.1 Å². The van der Waals surface area contributed by atoms with E-state index < -0.39 is 24.1 Å². The van der Waals surface area contributed by atoms with E-state index in [1.54, 1.807) is 12.3 Å². The highest BCUT2D eigenvalue weighted by molar-refractivity contribution is 5.35. The highest BCUT2D eigenvalue weighted by Gasteiger charge is 2.34. The van der Waals surface area contributed by atoms with Gasteiger partial charge in [0, 0.05) is 26.2 Å². The lowest BCUT2D eigenvalue weighted by atomic mass is 10.1. The van der Waals surface area contributed by atoms with Crippen LogP contribution in [0.3, 0.4) is 0 Å². The summed E-state index contributed by atoms with van der Waals surface area (Å²) in [5, 5.41) is 18.9. The lowest BCUT2D eigenvalue weighted by Gasteiger charge is -2.19. The highest BCUT2D eigenvalue weighted by atomic mass is 16.5. The summed E-state index contributed by atoms with van der Waals surface area (Å²) in [7, 11) is 1.90. The molecule has 0 spiro atoms. The van der Waals surface area contributed by atoms with Crippen molar-refractivity contribution in [2.75, 3.05) is 25.1 Å². The van der Waals surface area contributed by atoms with Crippen LogP contribution < -0.4 is 10.6 Å². The van der Waals surface area contributed by atoms with E-state index in [-0.39, 0.29) is 13.0 Å². The number of benzene rings is 1. The second-order valence-electron chi connectivity index (χ2n) is 6.25. The van der Waals surface area contributed by atoms with Gasteiger partial charge in [-0.3, -0.25) is 4.57 Å². The van der Waals surface area contributed by atoms with E-state index in [1.165, 1.54) is 10.1 Å². The number of rotatable bonds is 6. The number of hydrogen-bond donors (Lipinski definition) is 2. The van der Waals surface area contributed by atoms with Crippen LogP contribution in [0.4, 0.5) is 5.82 Å². The number of aliphatic hydroxyl groups excluding tert-OH is 2. The monoisotopic (exact) mass is 345 g/mol. The van der Waals surface area contributed by atoms with Crippen molar-refractivity contribution in [3.63, 3.8) is 0 Å². The molecular weight excluding hydrogens is 322 g/mol. The standard InChI is InChI=1S/C18H23N3O4/c1-20(9-7-13-5-3-2-4-6-13)16-8-10-21(18(24)19-16)17-11-14(23)15(12-22)25-17/h2-6,8,10,14-15,17,22-23H,7,9,11-12H2,1H3/t14-,15+,17+/m0/s1. The minimum absolute atomic E-state index is 0.260. The maximum atomic E-state index is 12.3. The highest BCUT2D eigenvalue weighted by Crippen LogP contribution is 2.27. The summed E-state index contributed by atoms with van der Waals surface area (Å²) in [6.07, 6.45) is 0.700. The van der Waals surface area contributed by atoms with Gasteiger partial charge in [0.05, 0.1) is 12.7 Å². The third-order valence-electron chi connectivity index (χ3n) is 4.48. The molecule has 2 heterocycles. The topological polar surface area (TPSA) is 87.8 Å². The summed E-state index contributed by atoms with van der Waals surface area (Å²) in [5.74, 6) is 0.592. The number of aromatic nitrogens is 2. The van der Waals surface area contributed by atoms with Crippen LogP contribution in [0.15, 0.2) is 47.4 Å². The van der Waals surface area contributed by atoms with E-state index in [9.17, 15) is 9.90 Å². The first-order valence-electron chi connectivity index (χ1n) is 8.37. The molecule has 1 fully saturated rings. The molecule has 1 aliphatic rings. The number of ether oxygens (including phenoxy) is 1. The Hall–Kier alpha value is -2.22. The van der Waals surface area contributed by atoms with Gasteiger partial charge >= 0.3 is 5.69 Å². The van der Waals surface area contributed by atoms with Crippen LogP contribution >= 0.6 is 0 Å². The molecule has 2 N–H and O–H groups in total. The van der Waals surface area contributed by atoms with Crippen LogP contribution in [0.5, 0.6) is 0 Å². The smallest absolute Gasteiger partial charge is 0.351 e. The van der Waals surface area contributed by atoms with Gasteiger partial charge in [0.25, 0.3) is 0 Å². The van der Waals surface area contributed by atoms with Gasteiger partial charge in [-0.1, -0.05) is 30.3 Å². The molecule has 0 aliphatic carbocycles. The van der Waals surface area contributed by atoms with E-state index in [0.29, 0.717) is 5.82 Å². The quantitative estimate of drug-likeness (QED) is 0.796. The number of hydrogen-bond acceptors (Lipinski definition) is 6. The molecule has 1 saturated heterocycles. The van der Waals surface area contributed by atoms with Crippen molar-refractivity contribution in [1.82, 2.24) is 9.55 Å². The van der Waals surface area contributed by atoms with Gasteiger partial charge in [0.2, 0.25) is 0 Å². The summed E-state index contributed by atoms with van der Waals surface area (Å²) < 4.78 is 6.86. The Bertz CT molecular complexity index is 749. The van der Waals surface area contributed by atoms with Crippen molar-refractivity contribution in [2.24, 2.45) is 0 Å². The molecule has 0 radical (unpaired) electrons. The van der Waals surface area contributed by atoms with E-state index in [2.05, 4.69) is 17.1 Å².